The van der Waals surface area contributed by atoms with E-state index in [1.807, 2.05) is 7.05 Å². The lowest BCUT2D eigenvalue weighted by Gasteiger charge is -2.27. The van der Waals surface area contributed by atoms with Crippen molar-refractivity contribution in [2.45, 2.75) is 38.8 Å². The van der Waals surface area contributed by atoms with Crippen molar-refractivity contribution in [1.29, 1.82) is 5.26 Å². The van der Waals surface area contributed by atoms with E-state index in [1.165, 1.54) is 4.88 Å². The summed E-state index contributed by atoms with van der Waals surface area (Å²) < 4.78 is 0. The van der Waals surface area contributed by atoms with Crippen LogP contribution in [-0.2, 0) is 6.42 Å². The van der Waals surface area contributed by atoms with E-state index in [2.05, 4.69) is 42.3 Å². The van der Waals surface area contributed by atoms with Crippen molar-refractivity contribution in [3.05, 3.63) is 22.4 Å². The van der Waals surface area contributed by atoms with Crippen molar-refractivity contribution < 1.29 is 0 Å². The second kappa shape index (κ2) is 5.89. The number of likely N-dealkylation sites (N-methyl/N-ethyl adjacent to an activating group) is 1. The predicted molar refractivity (Wildman–Crippen MR) is 64.9 cm³/mol. The Morgan fingerprint density at radius 2 is 2.33 bits per heavy atom. The normalized spacial score (nSPS) is 14.9. The summed E-state index contributed by atoms with van der Waals surface area (Å²) in [4.78, 5) is 3.56. The topological polar surface area (TPSA) is 27.0 Å². The lowest BCUT2D eigenvalue weighted by Crippen LogP contribution is -2.38. The summed E-state index contributed by atoms with van der Waals surface area (Å²) in [5.41, 5.74) is 0. The number of nitriles is 1. The molecular weight excluding hydrogens is 204 g/mol. The summed E-state index contributed by atoms with van der Waals surface area (Å²) in [6, 6.07) is 7.04. The smallest absolute Gasteiger partial charge is 0.0975 e. The number of rotatable bonds is 5. The number of thiophene rings is 1. The largest absolute Gasteiger partial charge is 0.288 e. The molecule has 0 fully saturated rings. The van der Waals surface area contributed by atoms with Crippen LogP contribution < -0.4 is 0 Å². The van der Waals surface area contributed by atoms with Gasteiger partial charge in [0.25, 0.3) is 0 Å². The molecule has 0 saturated carbocycles. The van der Waals surface area contributed by atoms with Gasteiger partial charge < -0.3 is 0 Å². The average Bonchev–Trinajstić information content (AvgIpc) is 2.72. The second-order valence-corrected chi connectivity index (χ2v) is 4.88. The Morgan fingerprint density at radius 3 is 2.80 bits per heavy atom. The number of hydrogen-bond acceptors (Lipinski definition) is 3. The van der Waals surface area contributed by atoms with Gasteiger partial charge in [0.1, 0.15) is 0 Å². The van der Waals surface area contributed by atoms with E-state index in [4.69, 9.17) is 5.26 Å². The van der Waals surface area contributed by atoms with Crippen LogP contribution in [0, 0.1) is 11.3 Å². The Labute approximate surface area is 96.1 Å². The molecule has 0 aromatic carbocycles. The van der Waals surface area contributed by atoms with E-state index >= 15 is 0 Å². The molecule has 2 nitrogen and oxygen atoms in total. The molecule has 3 heteroatoms. The Kier molecular flexibility index (Phi) is 4.80. The van der Waals surface area contributed by atoms with E-state index in [1.54, 1.807) is 11.3 Å². The monoisotopic (exact) mass is 222 g/mol. The summed E-state index contributed by atoms with van der Waals surface area (Å²) in [6.07, 6.45) is 1.92. The molecule has 1 aromatic heterocycles. The number of nitrogens with zero attached hydrogens (tertiary/aromatic N) is 2. The quantitative estimate of drug-likeness (QED) is 0.766. The van der Waals surface area contributed by atoms with Crippen molar-refractivity contribution in [3.8, 4) is 6.07 Å². The highest BCUT2D eigenvalue weighted by Gasteiger charge is 2.18. The van der Waals surface area contributed by atoms with Crippen LogP contribution in [-0.4, -0.2) is 24.0 Å². The van der Waals surface area contributed by atoms with Crippen LogP contribution in [0.25, 0.3) is 0 Å². The number of hydrogen-bond donors (Lipinski definition) is 0. The Balaban J connectivity index is 2.53. The highest BCUT2D eigenvalue weighted by Crippen LogP contribution is 2.15. The maximum absolute atomic E-state index is 8.98. The molecule has 0 spiro atoms. The van der Waals surface area contributed by atoms with Crippen LogP contribution in [0.1, 0.15) is 25.1 Å². The zero-order valence-electron chi connectivity index (χ0n) is 9.60. The molecule has 0 aliphatic carbocycles. The lowest BCUT2D eigenvalue weighted by atomic mass is 10.1. The van der Waals surface area contributed by atoms with Gasteiger partial charge in [0.05, 0.1) is 12.1 Å². The molecule has 1 aromatic rings. The summed E-state index contributed by atoms with van der Waals surface area (Å²) >= 11 is 1.79. The van der Waals surface area contributed by atoms with Gasteiger partial charge in [-0.3, -0.25) is 4.90 Å². The first-order valence-electron chi connectivity index (χ1n) is 5.33. The average molecular weight is 222 g/mol. The molecule has 0 aliphatic rings. The highest BCUT2D eigenvalue weighted by atomic mass is 32.1. The standard InChI is InChI=1S/C12H18N2S/c1-4-11(9-13)14(3)10(2)8-12-6-5-7-15-12/h5-7,10-11H,4,8H2,1-3H3. The Morgan fingerprint density at radius 1 is 1.60 bits per heavy atom. The molecule has 0 aliphatic heterocycles. The molecule has 0 radical (unpaired) electrons. The van der Waals surface area contributed by atoms with Crippen LogP contribution in [0.5, 0.6) is 0 Å². The van der Waals surface area contributed by atoms with Crippen molar-refractivity contribution in [2.24, 2.45) is 0 Å². The minimum atomic E-state index is 0.0416. The fraction of sp³-hybridized carbons (Fsp3) is 0.583. The first-order chi connectivity index (χ1) is 7.19. The molecule has 0 amide bonds. The fourth-order valence-corrected chi connectivity index (χ4v) is 2.47. The lowest BCUT2D eigenvalue weighted by molar-refractivity contribution is 0.215. The van der Waals surface area contributed by atoms with Crippen LogP contribution in [0.15, 0.2) is 17.5 Å². The Hall–Kier alpha value is -0.850. The van der Waals surface area contributed by atoms with Gasteiger partial charge in [-0.2, -0.15) is 5.26 Å². The van der Waals surface area contributed by atoms with Crippen molar-refractivity contribution in [1.82, 2.24) is 4.90 Å². The highest BCUT2D eigenvalue weighted by molar-refractivity contribution is 7.09. The fourth-order valence-electron chi connectivity index (χ4n) is 1.64. The van der Waals surface area contributed by atoms with Gasteiger partial charge in [0.15, 0.2) is 0 Å². The van der Waals surface area contributed by atoms with Gasteiger partial charge in [-0.1, -0.05) is 13.0 Å². The van der Waals surface area contributed by atoms with Crippen LogP contribution in [0.2, 0.25) is 0 Å². The molecule has 82 valence electrons. The van der Waals surface area contributed by atoms with Crippen LogP contribution in [0.4, 0.5) is 0 Å². The molecule has 0 bridgehead atoms. The van der Waals surface area contributed by atoms with Crippen molar-refractivity contribution >= 4 is 11.3 Å². The van der Waals surface area contributed by atoms with E-state index in [9.17, 15) is 0 Å². The molecular formula is C12H18N2S. The minimum Gasteiger partial charge on any atom is -0.288 e. The molecule has 2 atom stereocenters. The first kappa shape index (κ1) is 12.2. The molecule has 1 rings (SSSR count). The molecule has 0 N–H and O–H groups in total. The predicted octanol–water partition coefficient (Wildman–Crippen LogP) is 2.91. The van der Waals surface area contributed by atoms with Crippen LogP contribution in [0.3, 0.4) is 0 Å². The van der Waals surface area contributed by atoms with E-state index < -0.39 is 0 Å². The molecule has 2 unspecified atom stereocenters. The SMILES string of the molecule is CCC(C#N)N(C)C(C)Cc1cccs1. The van der Waals surface area contributed by atoms with Crippen molar-refractivity contribution in [2.75, 3.05) is 7.05 Å². The maximum Gasteiger partial charge on any atom is 0.0975 e. The van der Waals surface area contributed by atoms with Gasteiger partial charge in [-0.05, 0) is 38.3 Å². The zero-order chi connectivity index (χ0) is 11.3. The Bertz CT molecular complexity index is 313. The third kappa shape index (κ3) is 3.33. The van der Waals surface area contributed by atoms with Gasteiger partial charge in [0.2, 0.25) is 0 Å². The first-order valence-corrected chi connectivity index (χ1v) is 6.21. The third-order valence-electron chi connectivity index (χ3n) is 2.80. The van der Waals surface area contributed by atoms with E-state index in [-0.39, 0.29) is 6.04 Å². The third-order valence-corrected chi connectivity index (χ3v) is 3.70. The second-order valence-electron chi connectivity index (χ2n) is 3.85. The summed E-state index contributed by atoms with van der Waals surface area (Å²) in [7, 11) is 2.04. The van der Waals surface area contributed by atoms with Gasteiger partial charge in [0, 0.05) is 10.9 Å². The summed E-state index contributed by atoms with van der Waals surface area (Å²) in [5.74, 6) is 0. The summed E-state index contributed by atoms with van der Waals surface area (Å²) in [6.45, 7) is 4.24. The molecule has 15 heavy (non-hydrogen) atoms. The minimum absolute atomic E-state index is 0.0416. The van der Waals surface area contributed by atoms with Gasteiger partial charge in [-0.25, -0.2) is 0 Å². The van der Waals surface area contributed by atoms with Gasteiger partial charge >= 0.3 is 0 Å². The van der Waals surface area contributed by atoms with E-state index in [0.29, 0.717) is 6.04 Å². The maximum atomic E-state index is 8.98. The zero-order valence-corrected chi connectivity index (χ0v) is 10.4. The molecule has 1 heterocycles. The summed E-state index contributed by atoms with van der Waals surface area (Å²) in [5, 5.41) is 11.1. The van der Waals surface area contributed by atoms with E-state index in [0.717, 1.165) is 12.8 Å². The van der Waals surface area contributed by atoms with Gasteiger partial charge in [-0.15, -0.1) is 11.3 Å². The van der Waals surface area contributed by atoms with Crippen LogP contribution >= 0.6 is 11.3 Å². The molecule has 0 saturated heterocycles. The van der Waals surface area contributed by atoms with Crippen molar-refractivity contribution in [3.63, 3.8) is 0 Å².